The van der Waals surface area contributed by atoms with Crippen LogP contribution in [0.25, 0.3) is 4.85 Å². The summed E-state index contributed by atoms with van der Waals surface area (Å²) in [5, 5.41) is 0. The Bertz CT molecular complexity index is 554. The summed E-state index contributed by atoms with van der Waals surface area (Å²) in [5.74, 6) is -1.20. The Morgan fingerprint density at radius 1 is 1.55 bits per heavy atom. The van der Waals surface area contributed by atoms with Crippen molar-refractivity contribution >= 4 is 17.4 Å². The van der Waals surface area contributed by atoms with Crippen LogP contribution in [0.1, 0.15) is 12.0 Å². The van der Waals surface area contributed by atoms with Crippen LogP contribution in [0, 0.1) is 12.5 Å². The number of benzene rings is 1. The predicted octanol–water partition coefficient (Wildman–Crippen LogP) is 1.80. The third-order valence-electron chi connectivity index (χ3n) is 3.44. The standard InChI is InChI=1S/C15H16N2O3/c1-16-12-5-3-4-11(8-12)9-17-7-6-14(18)13(10-17)15(19)20-2/h3-5,8,13H,6-7,9-10H2,2H3. The lowest BCUT2D eigenvalue weighted by Crippen LogP contribution is -2.44. The van der Waals surface area contributed by atoms with Gasteiger partial charge in [-0.25, -0.2) is 4.85 Å². The highest BCUT2D eigenvalue weighted by atomic mass is 16.5. The molecule has 0 N–H and O–H groups in total. The Hall–Kier alpha value is -2.19. The molecule has 1 aliphatic rings. The Balaban J connectivity index is 2.05. The maximum Gasteiger partial charge on any atom is 0.317 e. The zero-order valence-electron chi connectivity index (χ0n) is 11.3. The number of nitrogens with zero attached hydrogens (tertiary/aromatic N) is 2. The van der Waals surface area contributed by atoms with Crippen molar-refractivity contribution in [2.75, 3.05) is 20.2 Å². The van der Waals surface area contributed by atoms with E-state index in [9.17, 15) is 9.59 Å². The summed E-state index contributed by atoms with van der Waals surface area (Å²) in [7, 11) is 1.30. The molecule has 5 heteroatoms. The fourth-order valence-corrected chi connectivity index (χ4v) is 2.37. The van der Waals surface area contributed by atoms with Crippen LogP contribution >= 0.6 is 0 Å². The zero-order valence-corrected chi connectivity index (χ0v) is 11.3. The van der Waals surface area contributed by atoms with Gasteiger partial charge in [-0.05, 0) is 5.56 Å². The van der Waals surface area contributed by atoms with Gasteiger partial charge in [0.15, 0.2) is 5.69 Å². The van der Waals surface area contributed by atoms with E-state index in [-0.39, 0.29) is 5.78 Å². The maximum atomic E-state index is 11.7. The molecular weight excluding hydrogens is 256 g/mol. The van der Waals surface area contributed by atoms with Gasteiger partial charge in [0.25, 0.3) is 0 Å². The van der Waals surface area contributed by atoms with Crippen molar-refractivity contribution in [1.82, 2.24) is 4.90 Å². The molecule has 0 radical (unpaired) electrons. The van der Waals surface area contributed by atoms with Crippen molar-refractivity contribution < 1.29 is 14.3 Å². The molecule has 1 aromatic rings. The van der Waals surface area contributed by atoms with Gasteiger partial charge < -0.3 is 4.74 Å². The van der Waals surface area contributed by atoms with Crippen LogP contribution in [0.5, 0.6) is 0 Å². The highest BCUT2D eigenvalue weighted by Gasteiger charge is 2.33. The summed E-state index contributed by atoms with van der Waals surface area (Å²) in [6.45, 7) is 8.65. The van der Waals surface area contributed by atoms with Crippen molar-refractivity contribution in [3.05, 3.63) is 41.2 Å². The molecule has 1 unspecified atom stereocenters. The molecule has 0 aliphatic carbocycles. The van der Waals surface area contributed by atoms with Crippen LogP contribution in [-0.2, 0) is 20.9 Å². The van der Waals surface area contributed by atoms with Crippen LogP contribution in [0.4, 0.5) is 5.69 Å². The average molecular weight is 272 g/mol. The van der Waals surface area contributed by atoms with Gasteiger partial charge in [-0.3, -0.25) is 14.5 Å². The van der Waals surface area contributed by atoms with E-state index >= 15 is 0 Å². The van der Waals surface area contributed by atoms with Gasteiger partial charge in [-0.1, -0.05) is 24.3 Å². The molecule has 0 bridgehead atoms. The summed E-state index contributed by atoms with van der Waals surface area (Å²) in [6.07, 6.45) is 0.363. The first-order valence-corrected chi connectivity index (χ1v) is 6.43. The monoisotopic (exact) mass is 272 g/mol. The first-order valence-electron chi connectivity index (χ1n) is 6.43. The minimum atomic E-state index is -0.683. The molecule has 1 saturated heterocycles. The van der Waals surface area contributed by atoms with Gasteiger partial charge in [-0.2, -0.15) is 0 Å². The fraction of sp³-hybridized carbons (Fsp3) is 0.400. The molecule has 1 heterocycles. The molecule has 5 nitrogen and oxygen atoms in total. The molecule has 0 amide bonds. The van der Waals surface area contributed by atoms with Gasteiger partial charge in [0.2, 0.25) is 0 Å². The highest BCUT2D eigenvalue weighted by molar-refractivity contribution is 5.99. The topological polar surface area (TPSA) is 51.0 Å². The van der Waals surface area contributed by atoms with Crippen LogP contribution in [-0.4, -0.2) is 36.9 Å². The summed E-state index contributed by atoms with van der Waals surface area (Å²) in [4.78, 5) is 28.7. The van der Waals surface area contributed by atoms with Gasteiger partial charge in [0.1, 0.15) is 11.7 Å². The molecular formula is C15H16N2O3. The van der Waals surface area contributed by atoms with Crippen molar-refractivity contribution in [2.45, 2.75) is 13.0 Å². The van der Waals surface area contributed by atoms with E-state index in [2.05, 4.69) is 9.58 Å². The van der Waals surface area contributed by atoms with Crippen molar-refractivity contribution in [3.63, 3.8) is 0 Å². The third kappa shape index (κ3) is 3.22. The van der Waals surface area contributed by atoms with E-state index in [4.69, 9.17) is 6.57 Å². The largest absolute Gasteiger partial charge is 0.468 e. The summed E-state index contributed by atoms with van der Waals surface area (Å²) in [6, 6.07) is 7.37. The molecule has 2 rings (SSSR count). The maximum absolute atomic E-state index is 11.7. The van der Waals surface area contributed by atoms with Gasteiger partial charge in [-0.15, -0.1) is 0 Å². The number of piperidine rings is 1. The molecule has 104 valence electrons. The lowest BCUT2D eigenvalue weighted by atomic mass is 9.96. The lowest BCUT2D eigenvalue weighted by molar-refractivity contribution is -0.152. The Labute approximate surface area is 118 Å². The number of hydrogen-bond donors (Lipinski definition) is 0. The molecule has 1 aromatic carbocycles. The number of Topliss-reactive ketones (excluding diaryl/α,β-unsaturated/α-hetero) is 1. The first kappa shape index (κ1) is 14.2. The number of carbonyl (C=O) groups excluding carboxylic acids is 2. The molecule has 1 atom stereocenters. The van der Waals surface area contributed by atoms with E-state index in [1.54, 1.807) is 6.07 Å². The number of esters is 1. The summed E-state index contributed by atoms with van der Waals surface area (Å²) < 4.78 is 4.67. The third-order valence-corrected chi connectivity index (χ3v) is 3.44. The molecule has 20 heavy (non-hydrogen) atoms. The smallest absolute Gasteiger partial charge is 0.317 e. The number of likely N-dealkylation sites (tertiary alicyclic amines) is 1. The van der Waals surface area contributed by atoms with Gasteiger partial charge in [0.05, 0.1) is 13.7 Å². The van der Waals surface area contributed by atoms with E-state index in [0.717, 1.165) is 5.56 Å². The molecule has 1 fully saturated rings. The Morgan fingerprint density at radius 2 is 2.35 bits per heavy atom. The Morgan fingerprint density at radius 3 is 3.05 bits per heavy atom. The second-order valence-electron chi connectivity index (χ2n) is 4.81. The number of ketones is 1. The van der Waals surface area contributed by atoms with Crippen LogP contribution in [0.3, 0.4) is 0 Å². The van der Waals surface area contributed by atoms with Gasteiger partial charge >= 0.3 is 5.97 Å². The quantitative estimate of drug-likeness (QED) is 0.478. The van der Waals surface area contributed by atoms with Crippen molar-refractivity contribution in [2.24, 2.45) is 5.92 Å². The summed E-state index contributed by atoms with van der Waals surface area (Å²) >= 11 is 0. The number of carbonyl (C=O) groups is 2. The molecule has 0 aromatic heterocycles. The van der Waals surface area contributed by atoms with E-state index in [0.29, 0.717) is 31.7 Å². The second kappa shape index (κ2) is 6.31. The van der Waals surface area contributed by atoms with E-state index in [1.165, 1.54) is 7.11 Å². The minimum absolute atomic E-state index is 0.0528. The number of ether oxygens (including phenoxy) is 1. The van der Waals surface area contributed by atoms with E-state index < -0.39 is 11.9 Å². The molecule has 1 aliphatic heterocycles. The Kier molecular flexibility index (Phi) is 4.49. The highest BCUT2D eigenvalue weighted by Crippen LogP contribution is 2.19. The number of rotatable bonds is 3. The summed E-state index contributed by atoms with van der Waals surface area (Å²) in [5.41, 5.74) is 1.61. The minimum Gasteiger partial charge on any atom is -0.468 e. The van der Waals surface area contributed by atoms with Crippen molar-refractivity contribution in [3.8, 4) is 0 Å². The van der Waals surface area contributed by atoms with Crippen LogP contribution in [0.2, 0.25) is 0 Å². The predicted molar refractivity (Wildman–Crippen MR) is 73.1 cm³/mol. The van der Waals surface area contributed by atoms with E-state index in [1.807, 2.05) is 23.1 Å². The molecule has 0 saturated carbocycles. The molecule has 0 spiro atoms. The normalized spacial score (nSPS) is 19.4. The zero-order chi connectivity index (χ0) is 14.5. The van der Waals surface area contributed by atoms with Gasteiger partial charge in [0, 0.05) is 26.1 Å². The van der Waals surface area contributed by atoms with Crippen molar-refractivity contribution in [1.29, 1.82) is 0 Å². The number of hydrogen-bond acceptors (Lipinski definition) is 4. The SMILES string of the molecule is [C-]#[N+]c1cccc(CN2CCC(=O)C(C(=O)OC)C2)c1. The number of methoxy groups -OCH3 is 1. The van der Waals surface area contributed by atoms with Crippen LogP contribution in [0.15, 0.2) is 24.3 Å². The first-order chi connectivity index (χ1) is 9.63. The van der Waals surface area contributed by atoms with Crippen LogP contribution < -0.4 is 0 Å². The fourth-order valence-electron chi connectivity index (χ4n) is 2.37. The second-order valence-corrected chi connectivity index (χ2v) is 4.81. The lowest BCUT2D eigenvalue weighted by Gasteiger charge is -2.30. The average Bonchev–Trinajstić information content (AvgIpc) is 2.48.